The topological polar surface area (TPSA) is 27.7 Å². The van der Waals surface area contributed by atoms with Crippen molar-refractivity contribution in [2.75, 3.05) is 0 Å². The molecule has 0 rings (SSSR count). The molecule has 0 bridgehead atoms. The van der Waals surface area contributed by atoms with E-state index < -0.39 is 25.0 Å². The van der Waals surface area contributed by atoms with E-state index in [1.807, 2.05) is 6.26 Å². The average molecular weight is 377 g/mol. The fourth-order valence-electron chi connectivity index (χ4n) is 2.72. The molecule has 0 aliphatic heterocycles. The van der Waals surface area contributed by atoms with Crippen LogP contribution in [0.2, 0.25) is 55.9 Å². The zero-order valence-electron chi connectivity index (χ0n) is 17.0. The summed E-state index contributed by atoms with van der Waals surface area (Å²) in [6, 6.07) is 6.75. The standard InChI is InChI=1S/C17H40O3Si3/c1-10-22(11-2,12-3)18-16-17(19-21(7,8)9)20-23(13-4,14-5)15-6/h16H,10-15H2,1-9H3/b17-16+. The summed E-state index contributed by atoms with van der Waals surface area (Å²) in [4.78, 5) is 0. The molecule has 138 valence electrons. The maximum absolute atomic E-state index is 6.50. The Morgan fingerprint density at radius 3 is 1.35 bits per heavy atom. The first-order valence-corrected chi connectivity index (χ1v) is 17.9. The van der Waals surface area contributed by atoms with Crippen molar-refractivity contribution in [2.45, 2.75) is 97.4 Å². The van der Waals surface area contributed by atoms with Crippen molar-refractivity contribution < 1.29 is 13.3 Å². The van der Waals surface area contributed by atoms with E-state index in [-0.39, 0.29) is 0 Å². The molecule has 0 aromatic rings. The Labute approximate surface area is 148 Å². The molecule has 0 saturated carbocycles. The van der Waals surface area contributed by atoms with Crippen molar-refractivity contribution in [3.63, 3.8) is 0 Å². The maximum Gasteiger partial charge on any atom is 0.286 e. The lowest BCUT2D eigenvalue weighted by Gasteiger charge is -2.34. The van der Waals surface area contributed by atoms with Gasteiger partial charge in [-0.3, -0.25) is 0 Å². The van der Waals surface area contributed by atoms with Crippen LogP contribution in [0, 0.1) is 0 Å². The van der Waals surface area contributed by atoms with Crippen molar-refractivity contribution in [1.29, 1.82) is 0 Å². The van der Waals surface area contributed by atoms with Crippen LogP contribution in [0.4, 0.5) is 0 Å². The highest BCUT2D eigenvalue weighted by Crippen LogP contribution is 2.28. The molecule has 0 amide bonds. The molecule has 0 radical (unpaired) electrons. The lowest BCUT2D eigenvalue weighted by Crippen LogP contribution is -2.39. The van der Waals surface area contributed by atoms with Gasteiger partial charge in [0.05, 0.1) is 0 Å². The third kappa shape index (κ3) is 7.47. The highest BCUT2D eigenvalue weighted by Gasteiger charge is 2.35. The van der Waals surface area contributed by atoms with Crippen LogP contribution in [0.3, 0.4) is 0 Å². The quantitative estimate of drug-likeness (QED) is 0.281. The van der Waals surface area contributed by atoms with Gasteiger partial charge in [0.1, 0.15) is 6.26 Å². The summed E-state index contributed by atoms with van der Waals surface area (Å²) >= 11 is 0. The largest absolute Gasteiger partial charge is 0.544 e. The van der Waals surface area contributed by atoms with Gasteiger partial charge in [-0.1, -0.05) is 41.5 Å². The van der Waals surface area contributed by atoms with Gasteiger partial charge in [0.15, 0.2) is 0 Å². The van der Waals surface area contributed by atoms with Crippen LogP contribution < -0.4 is 0 Å². The molecule has 23 heavy (non-hydrogen) atoms. The van der Waals surface area contributed by atoms with E-state index in [1.54, 1.807) is 0 Å². The first kappa shape index (κ1) is 22.8. The Hall–Kier alpha value is -0.209. The van der Waals surface area contributed by atoms with Gasteiger partial charge in [-0.2, -0.15) is 0 Å². The highest BCUT2D eigenvalue weighted by molar-refractivity contribution is 6.74. The van der Waals surface area contributed by atoms with Crippen molar-refractivity contribution in [2.24, 2.45) is 0 Å². The van der Waals surface area contributed by atoms with Gasteiger partial charge in [0.2, 0.25) is 16.6 Å². The molecule has 0 saturated heterocycles. The van der Waals surface area contributed by atoms with E-state index in [4.69, 9.17) is 13.3 Å². The molecule has 0 heterocycles. The molecular weight excluding hydrogens is 336 g/mol. The van der Waals surface area contributed by atoms with Crippen molar-refractivity contribution in [3.05, 3.63) is 12.2 Å². The number of rotatable bonds is 12. The fourth-order valence-corrected chi connectivity index (χ4v) is 8.30. The highest BCUT2D eigenvalue weighted by atomic mass is 28.4. The van der Waals surface area contributed by atoms with E-state index in [0.29, 0.717) is 5.95 Å². The molecule has 0 aromatic heterocycles. The Morgan fingerprint density at radius 2 is 1.04 bits per heavy atom. The monoisotopic (exact) mass is 376 g/mol. The van der Waals surface area contributed by atoms with Crippen molar-refractivity contribution in [3.8, 4) is 0 Å². The first-order valence-electron chi connectivity index (χ1n) is 9.41. The van der Waals surface area contributed by atoms with Gasteiger partial charge in [-0.05, 0) is 55.9 Å². The maximum atomic E-state index is 6.50. The molecular formula is C17H40O3Si3. The van der Waals surface area contributed by atoms with E-state index in [2.05, 4.69) is 61.2 Å². The Bertz CT molecular complexity index is 340. The summed E-state index contributed by atoms with van der Waals surface area (Å²) in [5, 5.41) is 0. The molecule has 3 nitrogen and oxygen atoms in total. The van der Waals surface area contributed by atoms with Gasteiger partial charge < -0.3 is 13.3 Å². The summed E-state index contributed by atoms with van der Waals surface area (Å²) in [5.41, 5.74) is 0. The van der Waals surface area contributed by atoms with Gasteiger partial charge >= 0.3 is 0 Å². The van der Waals surface area contributed by atoms with Crippen LogP contribution in [0.25, 0.3) is 0 Å². The second-order valence-electron chi connectivity index (χ2n) is 7.36. The SMILES string of the molecule is CC[Si](CC)(CC)O/C=C(\O[Si](C)(C)C)O[Si](CC)(CC)CC. The number of hydrogen-bond acceptors (Lipinski definition) is 3. The minimum absolute atomic E-state index is 0.661. The molecule has 0 atom stereocenters. The molecule has 0 spiro atoms. The van der Waals surface area contributed by atoms with Crippen LogP contribution in [-0.4, -0.2) is 25.0 Å². The van der Waals surface area contributed by atoms with Crippen LogP contribution in [-0.2, 0) is 13.3 Å². The fraction of sp³-hybridized carbons (Fsp3) is 0.882. The molecule has 0 unspecified atom stereocenters. The third-order valence-electron chi connectivity index (χ3n) is 5.00. The lowest BCUT2D eigenvalue weighted by molar-refractivity contribution is 0.192. The minimum Gasteiger partial charge on any atom is -0.544 e. The first-order chi connectivity index (χ1) is 10.6. The van der Waals surface area contributed by atoms with E-state index >= 15 is 0 Å². The van der Waals surface area contributed by atoms with E-state index in [0.717, 1.165) is 36.3 Å². The molecule has 0 N–H and O–H groups in total. The van der Waals surface area contributed by atoms with Crippen molar-refractivity contribution in [1.82, 2.24) is 0 Å². The molecule has 0 aromatic carbocycles. The van der Waals surface area contributed by atoms with Gasteiger partial charge in [0, 0.05) is 0 Å². The lowest BCUT2D eigenvalue weighted by atomic mass is 10.9. The predicted molar refractivity (Wildman–Crippen MR) is 109 cm³/mol. The summed E-state index contributed by atoms with van der Waals surface area (Å²) in [5.74, 6) is 0.661. The van der Waals surface area contributed by atoms with Crippen LogP contribution in [0.15, 0.2) is 12.2 Å². The van der Waals surface area contributed by atoms with E-state index in [1.165, 1.54) is 0 Å². The zero-order valence-corrected chi connectivity index (χ0v) is 20.0. The summed E-state index contributed by atoms with van der Waals surface area (Å²) in [7, 11) is -5.13. The predicted octanol–water partition coefficient (Wildman–Crippen LogP) is 6.68. The average Bonchev–Trinajstić information content (AvgIpc) is 2.53. The van der Waals surface area contributed by atoms with Crippen LogP contribution >= 0.6 is 0 Å². The summed E-state index contributed by atoms with van der Waals surface area (Å²) in [6.07, 6.45) is 1.84. The normalized spacial score (nSPS) is 13.9. The zero-order chi connectivity index (χ0) is 18.1. The Morgan fingerprint density at radius 1 is 0.652 bits per heavy atom. The minimum atomic E-state index is -1.74. The Kier molecular flexibility index (Phi) is 9.84. The van der Waals surface area contributed by atoms with Crippen LogP contribution in [0.1, 0.15) is 41.5 Å². The second-order valence-corrected chi connectivity index (χ2v) is 21.2. The van der Waals surface area contributed by atoms with Crippen LogP contribution in [0.5, 0.6) is 0 Å². The van der Waals surface area contributed by atoms with Crippen molar-refractivity contribution >= 4 is 25.0 Å². The molecule has 0 fully saturated rings. The smallest absolute Gasteiger partial charge is 0.286 e. The summed E-state index contributed by atoms with van der Waals surface area (Å²) < 4.78 is 19.1. The molecule has 6 heteroatoms. The molecule has 0 aliphatic carbocycles. The van der Waals surface area contributed by atoms with Gasteiger partial charge in [-0.25, -0.2) is 0 Å². The third-order valence-corrected chi connectivity index (χ3v) is 14.8. The number of hydrogen-bond donors (Lipinski definition) is 0. The van der Waals surface area contributed by atoms with Gasteiger partial charge in [-0.15, -0.1) is 0 Å². The second kappa shape index (κ2) is 9.94. The van der Waals surface area contributed by atoms with E-state index in [9.17, 15) is 0 Å². The Balaban J connectivity index is 5.40. The van der Waals surface area contributed by atoms with Gasteiger partial charge in [0.25, 0.3) is 14.3 Å². The summed E-state index contributed by atoms with van der Waals surface area (Å²) in [6.45, 7) is 20.1. The molecule has 0 aliphatic rings.